The van der Waals surface area contributed by atoms with Crippen molar-refractivity contribution in [1.82, 2.24) is 0 Å². The highest BCUT2D eigenvalue weighted by atomic mass is 14.9. The Kier molecular flexibility index (Phi) is 31.1. The zero-order chi connectivity index (χ0) is 80.5. The molecule has 578 valence electrons. The Hall–Kier alpha value is -11.4. The van der Waals surface area contributed by atoms with Gasteiger partial charge in [0.1, 0.15) is 0 Å². The van der Waals surface area contributed by atoms with Gasteiger partial charge in [-0.3, -0.25) is 15.0 Å². The van der Waals surface area contributed by atoms with Crippen molar-refractivity contribution in [2.45, 2.75) is 194 Å². The number of hydrogen-bond acceptors (Lipinski definition) is 8. The van der Waals surface area contributed by atoms with E-state index < -0.39 is 0 Å². The Balaban J connectivity index is 0.000000172. The lowest BCUT2D eigenvalue weighted by atomic mass is 9.92. The van der Waals surface area contributed by atoms with Gasteiger partial charge in [-0.1, -0.05) is 300 Å². The van der Waals surface area contributed by atoms with Gasteiger partial charge in [-0.2, -0.15) is 0 Å². The maximum Gasteiger partial charge on any atom is 0.0699 e. The SMILES string of the molecule is CC(C)c1cccc(C(C)C)c1N=Cc1ccccc1Nc1c(C(C)C)cccc1C(C)C.Cc1cc(C)c(Nc2ccccc2C=NCc2ccccc2)c(C)c1.Cc1cc(C)c(Nc2ccccc2C=Nc2ccc(C(C)C)cc2)c(C)c1.Cc1cc(C)c(Nc2ccccc2CNc2ccc(C(C)C)cc2)c(C)c1. The number of benzene rings is 12. The van der Waals surface area contributed by atoms with Crippen molar-refractivity contribution in [3.63, 3.8) is 0 Å². The molecule has 5 N–H and O–H groups in total. The number of aryl methyl sites for hydroxylation is 9. The summed E-state index contributed by atoms with van der Waals surface area (Å²) < 4.78 is 0. The standard InChI is InChI=1S/C31H40N2.C25H30N2.C25H28N2.C23H24N2/c1-20(2)25-14-11-15-26(21(3)4)30(25)32-19-24-13-9-10-18-29(24)33-31-27(22(5)6)16-12-17-28(31)23(7)8;2*1-17(2)21-10-12-23(13-11-21)26-16-22-8-6-7-9-24(22)27-25-19(4)14-18(3)15-20(25)5;1-17-13-18(2)23(19(3)14-17)25-22-12-8-7-11-21(22)16-24-15-20-9-5-4-6-10-20/h9-23,33H,1-8H3;6-15,17,26-27H,16H2,1-5H3;6-17,27H,1-5H3;4-14,16,25H,15H2,1-3H3. The predicted molar refractivity (Wildman–Crippen MR) is 491 cm³/mol. The molecule has 12 aromatic carbocycles. The number of anilines is 9. The van der Waals surface area contributed by atoms with Crippen LogP contribution in [0.4, 0.5) is 62.6 Å². The first-order valence-corrected chi connectivity index (χ1v) is 40.2. The average molecular weight is 1480 g/mol. The predicted octanol–water partition coefficient (Wildman–Crippen LogP) is 30.0. The molecule has 0 saturated heterocycles. The van der Waals surface area contributed by atoms with Crippen molar-refractivity contribution in [1.29, 1.82) is 0 Å². The zero-order valence-corrected chi connectivity index (χ0v) is 70.6. The van der Waals surface area contributed by atoms with Gasteiger partial charge in [-0.25, -0.2) is 0 Å². The molecule has 12 rings (SSSR count). The summed E-state index contributed by atoms with van der Waals surface area (Å²) in [4.78, 5) is 14.4. The molecule has 0 radical (unpaired) electrons. The van der Waals surface area contributed by atoms with E-state index in [4.69, 9.17) is 4.99 Å². The minimum absolute atomic E-state index is 0.427. The molecule has 0 aliphatic rings. The average Bonchev–Trinajstić information content (AvgIpc) is 0.815. The molecule has 0 bridgehead atoms. The largest absolute Gasteiger partial charge is 0.381 e. The molecule has 0 spiro atoms. The van der Waals surface area contributed by atoms with Crippen LogP contribution in [0.25, 0.3) is 0 Å². The number of aliphatic imine (C=N–C) groups is 3. The molecule has 8 nitrogen and oxygen atoms in total. The summed E-state index contributed by atoms with van der Waals surface area (Å²) in [5.74, 6) is 2.84. The van der Waals surface area contributed by atoms with Crippen LogP contribution < -0.4 is 26.6 Å². The number of hydrogen-bond donors (Lipinski definition) is 5. The maximum atomic E-state index is 5.07. The number of nitrogens with one attached hydrogen (secondary N) is 5. The van der Waals surface area contributed by atoms with Crippen LogP contribution >= 0.6 is 0 Å². The van der Waals surface area contributed by atoms with E-state index in [0.717, 1.165) is 63.0 Å². The summed E-state index contributed by atoms with van der Waals surface area (Å²) in [6.07, 6.45) is 5.92. The van der Waals surface area contributed by atoms with E-state index in [1.807, 2.05) is 49.0 Å². The van der Waals surface area contributed by atoms with E-state index in [-0.39, 0.29) is 0 Å². The zero-order valence-electron chi connectivity index (χ0n) is 70.6. The highest BCUT2D eigenvalue weighted by molar-refractivity contribution is 5.93. The molecule has 8 heteroatoms. The van der Waals surface area contributed by atoms with Gasteiger partial charge in [0.15, 0.2) is 0 Å². The lowest BCUT2D eigenvalue weighted by molar-refractivity contribution is 0.835. The van der Waals surface area contributed by atoms with E-state index in [9.17, 15) is 0 Å². The van der Waals surface area contributed by atoms with Gasteiger partial charge in [0, 0.05) is 93.1 Å². The third kappa shape index (κ3) is 24.1. The summed E-state index contributed by atoms with van der Waals surface area (Å²) in [7, 11) is 0. The van der Waals surface area contributed by atoms with Gasteiger partial charge in [0.05, 0.1) is 17.9 Å². The van der Waals surface area contributed by atoms with E-state index in [0.29, 0.717) is 42.1 Å². The second-order valence-corrected chi connectivity index (χ2v) is 31.8. The third-order valence-electron chi connectivity index (χ3n) is 20.3. The molecule has 0 heterocycles. The van der Waals surface area contributed by atoms with Crippen LogP contribution in [0, 0.1) is 62.3 Å². The van der Waals surface area contributed by atoms with Crippen LogP contribution in [0.1, 0.15) is 230 Å². The van der Waals surface area contributed by atoms with Crippen molar-refractivity contribution in [3.8, 4) is 0 Å². The van der Waals surface area contributed by atoms with Crippen LogP contribution in [-0.2, 0) is 13.1 Å². The summed E-state index contributed by atoms with van der Waals surface area (Å²) in [5, 5.41) is 18.2. The third-order valence-corrected chi connectivity index (χ3v) is 20.3. The molecule has 12 aromatic rings. The molecule has 0 aliphatic carbocycles. The Morgan fingerprint density at radius 3 is 1.04 bits per heavy atom. The van der Waals surface area contributed by atoms with Gasteiger partial charge < -0.3 is 26.6 Å². The van der Waals surface area contributed by atoms with Gasteiger partial charge >= 0.3 is 0 Å². The van der Waals surface area contributed by atoms with Crippen LogP contribution in [0.2, 0.25) is 0 Å². The molecule has 0 saturated carbocycles. The van der Waals surface area contributed by atoms with E-state index in [2.05, 4.69) is 400 Å². The smallest absolute Gasteiger partial charge is 0.0699 e. The van der Waals surface area contributed by atoms with Crippen molar-refractivity contribution < 1.29 is 0 Å². The molecule has 0 atom stereocenters. The fraction of sp³-hybridized carbons (Fsp3) is 0.279. The summed E-state index contributed by atoms with van der Waals surface area (Å²) in [5.41, 5.74) is 37.6. The molecule has 0 aromatic heterocycles. The maximum absolute atomic E-state index is 5.07. The van der Waals surface area contributed by atoms with Crippen LogP contribution in [-0.4, -0.2) is 18.6 Å². The molecule has 0 aliphatic heterocycles. The summed E-state index contributed by atoms with van der Waals surface area (Å²) in [6.45, 7) is 47.7. The van der Waals surface area contributed by atoms with Crippen molar-refractivity contribution in [2.75, 3.05) is 26.6 Å². The Labute approximate surface area is 672 Å². The lowest BCUT2D eigenvalue weighted by Gasteiger charge is -2.22. The Morgan fingerprint density at radius 1 is 0.295 bits per heavy atom. The number of nitrogens with zero attached hydrogens (tertiary/aromatic N) is 3. The lowest BCUT2D eigenvalue weighted by Crippen LogP contribution is -2.05. The monoisotopic (exact) mass is 1480 g/mol. The topological polar surface area (TPSA) is 97.2 Å². The minimum Gasteiger partial charge on any atom is -0.381 e. The Bertz CT molecular complexity index is 5010. The normalized spacial score (nSPS) is 11.3. The molecular weight excluding hydrogens is 1360 g/mol. The quantitative estimate of drug-likeness (QED) is 0.0389. The fourth-order valence-corrected chi connectivity index (χ4v) is 14.2. The van der Waals surface area contributed by atoms with E-state index in [1.54, 1.807) is 0 Å². The van der Waals surface area contributed by atoms with Gasteiger partial charge in [-0.15, -0.1) is 0 Å². The number of rotatable bonds is 24. The minimum atomic E-state index is 0.427. The second kappa shape index (κ2) is 41.1. The molecule has 0 fully saturated rings. The Morgan fingerprint density at radius 2 is 0.634 bits per heavy atom. The first-order valence-electron chi connectivity index (χ1n) is 40.2. The van der Waals surface area contributed by atoms with E-state index in [1.165, 1.54) is 117 Å². The molecule has 0 unspecified atom stereocenters. The van der Waals surface area contributed by atoms with Crippen molar-refractivity contribution in [3.05, 3.63) is 360 Å². The van der Waals surface area contributed by atoms with Gasteiger partial charge in [-0.05, 0) is 224 Å². The van der Waals surface area contributed by atoms with Crippen molar-refractivity contribution >= 4 is 81.2 Å². The van der Waals surface area contributed by atoms with Gasteiger partial charge in [0.25, 0.3) is 0 Å². The molecule has 112 heavy (non-hydrogen) atoms. The van der Waals surface area contributed by atoms with Gasteiger partial charge in [0.2, 0.25) is 0 Å². The molecule has 0 amide bonds. The number of para-hydroxylation sites is 6. The van der Waals surface area contributed by atoms with E-state index >= 15 is 0 Å². The summed E-state index contributed by atoms with van der Waals surface area (Å²) in [6, 6.07) is 87.6. The first kappa shape index (κ1) is 84.7. The fourth-order valence-electron chi connectivity index (χ4n) is 14.2. The van der Waals surface area contributed by atoms with Crippen molar-refractivity contribution in [2.24, 2.45) is 15.0 Å². The second-order valence-electron chi connectivity index (χ2n) is 31.8. The summed E-state index contributed by atoms with van der Waals surface area (Å²) >= 11 is 0. The van der Waals surface area contributed by atoms with Crippen LogP contribution in [0.5, 0.6) is 0 Å². The van der Waals surface area contributed by atoms with Crippen LogP contribution in [0.15, 0.2) is 264 Å². The highest BCUT2D eigenvalue weighted by Gasteiger charge is 2.18. The first-order chi connectivity index (χ1) is 53.7. The highest BCUT2D eigenvalue weighted by Crippen LogP contribution is 2.39. The van der Waals surface area contributed by atoms with Crippen LogP contribution in [0.3, 0.4) is 0 Å². The molecular formula is C104H122N8.